The number of H-pyrrole nitrogens is 1. The van der Waals surface area contributed by atoms with Crippen molar-refractivity contribution in [3.05, 3.63) is 51.1 Å². The van der Waals surface area contributed by atoms with Gasteiger partial charge in [-0.1, -0.05) is 19.1 Å². The number of aryl methyl sites for hydroxylation is 2. The molecular formula is C23H33N6O+. The number of quaternary nitrogens is 1. The molecule has 0 saturated carbocycles. The molecule has 4 rings (SSSR count). The summed E-state index contributed by atoms with van der Waals surface area (Å²) in [5.74, 6) is 1.48. The van der Waals surface area contributed by atoms with Crippen LogP contribution >= 0.6 is 0 Å². The second-order valence-electron chi connectivity index (χ2n) is 9.94. The second-order valence-corrected chi connectivity index (χ2v) is 9.94. The Bertz CT molecular complexity index is 1110. The zero-order valence-electron chi connectivity index (χ0n) is 18.9. The Labute approximate surface area is 177 Å². The van der Waals surface area contributed by atoms with Gasteiger partial charge in [-0.2, -0.15) is 0 Å². The van der Waals surface area contributed by atoms with Crippen LogP contribution in [0.1, 0.15) is 69.1 Å². The van der Waals surface area contributed by atoms with E-state index in [-0.39, 0.29) is 17.1 Å². The number of benzene rings is 1. The molecule has 1 aliphatic rings. The lowest BCUT2D eigenvalue weighted by Crippen LogP contribution is -3.13. The summed E-state index contributed by atoms with van der Waals surface area (Å²) in [5, 5.41) is 13.8. The van der Waals surface area contributed by atoms with E-state index < -0.39 is 0 Å². The van der Waals surface area contributed by atoms with Crippen LogP contribution in [0, 0.1) is 19.8 Å². The van der Waals surface area contributed by atoms with Crippen molar-refractivity contribution in [1.29, 1.82) is 0 Å². The molecule has 2 aromatic heterocycles. The normalized spacial score (nSPS) is 21.1. The number of likely N-dealkylation sites (tertiary alicyclic amines) is 1. The Morgan fingerprint density at radius 2 is 1.83 bits per heavy atom. The van der Waals surface area contributed by atoms with Gasteiger partial charge in [-0.3, -0.25) is 4.79 Å². The fourth-order valence-corrected chi connectivity index (χ4v) is 4.62. The first kappa shape index (κ1) is 20.7. The van der Waals surface area contributed by atoms with Gasteiger partial charge in [0.25, 0.3) is 5.56 Å². The van der Waals surface area contributed by atoms with Crippen molar-refractivity contribution in [2.24, 2.45) is 5.92 Å². The predicted molar refractivity (Wildman–Crippen MR) is 118 cm³/mol. The average molecular weight is 410 g/mol. The summed E-state index contributed by atoms with van der Waals surface area (Å²) in [6.07, 6.45) is 2.29. The van der Waals surface area contributed by atoms with E-state index in [9.17, 15) is 4.79 Å². The van der Waals surface area contributed by atoms with Crippen molar-refractivity contribution in [2.75, 3.05) is 13.1 Å². The minimum absolute atomic E-state index is 0.0456. The number of pyridine rings is 1. The molecular weight excluding hydrogens is 376 g/mol. The summed E-state index contributed by atoms with van der Waals surface area (Å²) in [5.41, 5.74) is 3.59. The van der Waals surface area contributed by atoms with Gasteiger partial charge >= 0.3 is 0 Å². The third kappa shape index (κ3) is 3.67. The maximum Gasteiger partial charge on any atom is 0.258 e. The number of hydrogen-bond acceptors (Lipinski definition) is 4. The Morgan fingerprint density at radius 1 is 1.17 bits per heavy atom. The molecule has 0 radical (unpaired) electrons. The molecule has 1 saturated heterocycles. The highest BCUT2D eigenvalue weighted by Crippen LogP contribution is 2.25. The number of fused-ring (bicyclic) bond motifs is 1. The van der Waals surface area contributed by atoms with Crippen molar-refractivity contribution in [3.8, 4) is 0 Å². The molecule has 3 aromatic rings. The topological polar surface area (TPSA) is 80.9 Å². The molecule has 0 amide bonds. The number of aromatic nitrogens is 5. The first-order valence-corrected chi connectivity index (χ1v) is 10.9. The van der Waals surface area contributed by atoms with E-state index in [2.05, 4.69) is 73.3 Å². The highest BCUT2D eigenvalue weighted by molar-refractivity contribution is 5.85. The van der Waals surface area contributed by atoms with Crippen LogP contribution in [0.15, 0.2) is 23.0 Å². The fourth-order valence-electron chi connectivity index (χ4n) is 4.62. The van der Waals surface area contributed by atoms with Crippen LogP contribution < -0.4 is 10.5 Å². The van der Waals surface area contributed by atoms with Gasteiger partial charge in [0.1, 0.15) is 0 Å². The van der Waals surface area contributed by atoms with Crippen molar-refractivity contribution < 1.29 is 4.90 Å². The van der Waals surface area contributed by atoms with Gasteiger partial charge in [0.2, 0.25) is 5.82 Å². The van der Waals surface area contributed by atoms with E-state index >= 15 is 0 Å². The van der Waals surface area contributed by atoms with Gasteiger partial charge in [0.05, 0.1) is 29.7 Å². The zero-order chi connectivity index (χ0) is 21.6. The summed E-state index contributed by atoms with van der Waals surface area (Å²) in [7, 11) is 0. The van der Waals surface area contributed by atoms with E-state index in [1.54, 1.807) is 0 Å². The number of aromatic amines is 1. The molecule has 1 aliphatic heterocycles. The second kappa shape index (κ2) is 7.61. The Kier molecular flexibility index (Phi) is 5.26. The van der Waals surface area contributed by atoms with E-state index in [0.717, 1.165) is 59.3 Å². The molecule has 0 spiro atoms. The van der Waals surface area contributed by atoms with Gasteiger partial charge in [-0.25, -0.2) is 4.68 Å². The van der Waals surface area contributed by atoms with E-state index in [0.29, 0.717) is 5.92 Å². The molecule has 7 nitrogen and oxygen atoms in total. The predicted octanol–water partition coefficient (Wildman–Crippen LogP) is 2.29. The molecule has 3 heterocycles. The lowest BCUT2D eigenvalue weighted by Gasteiger charge is -2.34. The van der Waals surface area contributed by atoms with Crippen molar-refractivity contribution in [3.63, 3.8) is 0 Å². The van der Waals surface area contributed by atoms with E-state index in [4.69, 9.17) is 0 Å². The Morgan fingerprint density at radius 3 is 2.50 bits per heavy atom. The van der Waals surface area contributed by atoms with E-state index in [1.165, 1.54) is 4.90 Å². The van der Waals surface area contributed by atoms with Gasteiger partial charge in [0, 0.05) is 5.39 Å². The minimum atomic E-state index is -0.268. The van der Waals surface area contributed by atoms with Crippen LogP contribution in [-0.4, -0.2) is 38.3 Å². The van der Waals surface area contributed by atoms with Gasteiger partial charge in [-0.05, 0) is 81.0 Å². The monoisotopic (exact) mass is 409 g/mol. The van der Waals surface area contributed by atoms with Crippen molar-refractivity contribution in [2.45, 2.75) is 66.0 Å². The van der Waals surface area contributed by atoms with Crippen molar-refractivity contribution >= 4 is 10.9 Å². The largest absolute Gasteiger partial charge is 0.322 e. The number of hydrogen-bond donors (Lipinski definition) is 2. The number of rotatable bonds is 3. The summed E-state index contributed by atoms with van der Waals surface area (Å²) < 4.78 is 1.88. The van der Waals surface area contributed by atoms with Crippen LogP contribution in [0.4, 0.5) is 0 Å². The third-order valence-corrected chi connectivity index (χ3v) is 6.50. The average Bonchev–Trinajstić information content (AvgIpc) is 3.17. The van der Waals surface area contributed by atoms with Crippen LogP contribution in [0.3, 0.4) is 0 Å². The van der Waals surface area contributed by atoms with Crippen molar-refractivity contribution in [1.82, 2.24) is 25.2 Å². The SMILES string of the molecule is Cc1ccc(C)c2[nH]c(=O)c([C@@H](c3nnnn3C(C)(C)C)[NH+]3CCC(C)CC3)cc12. The molecule has 1 fully saturated rings. The Balaban J connectivity index is 1.93. The molecule has 30 heavy (non-hydrogen) atoms. The highest BCUT2D eigenvalue weighted by atomic mass is 16.1. The van der Waals surface area contributed by atoms with Crippen LogP contribution in [0.25, 0.3) is 10.9 Å². The minimum Gasteiger partial charge on any atom is -0.322 e. The summed E-state index contributed by atoms with van der Waals surface area (Å²) in [6, 6.07) is 6.05. The van der Waals surface area contributed by atoms with Crippen LogP contribution in [0.2, 0.25) is 0 Å². The molecule has 0 aliphatic carbocycles. The quantitative estimate of drug-likeness (QED) is 0.696. The number of nitrogens with one attached hydrogen (secondary N) is 2. The Hall–Kier alpha value is -2.54. The zero-order valence-corrected chi connectivity index (χ0v) is 18.9. The van der Waals surface area contributed by atoms with Crippen LogP contribution in [-0.2, 0) is 5.54 Å². The summed E-state index contributed by atoms with van der Waals surface area (Å²) in [6.45, 7) is 14.7. The molecule has 160 valence electrons. The highest BCUT2D eigenvalue weighted by Gasteiger charge is 2.37. The summed E-state index contributed by atoms with van der Waals surface area (Å²) in [4.78, 5) is 17.9. The van der Waals surface area contributed by atoms with E-state index in [1.807, 2.05) is 11.6 Å². The molecule has 0 bridgehead atoms. The maximum atomic E-state index is 13.4. The maximum absolute atomic E-state index is 13.4. The van der Waals surface area contributed by atoms with Gasteiger partial charge in [0.15, 0.2) is 6.04 Å². The smallest absolute Gasteiger partial charge is 0.258 e. The standard InChI is InChI=1S/C23H32N6O/c1-14-9-11-28(12-10-14)20(21-25-26-27-29(21)23(4,5)6)18-13-17-15(2)7-8-16(3)19(17)24-22(18)30/h7-8,13-14,20H,9-12H2,1-6H3,(H,24,30)/p+1/t20-/m0/s1. The lowest BCUT2D eigenvalue weighted by molar-refractivity contribution is -0.932. The lowest BCUT2D eigenvalue weighted by atomic mass is 9.94. The van der Waals surface area contributed by atoms with Gasteiger partial charge < -0.3 is 9.88 Å². The molecule has 0 unspecified atom stereocenters. The summed E-state index contributed by atoms with van der Waals surface area (Å²) >= 11 is 0. The van der Waals surface area contributed by atoms with Crippen LogP contribution in [0.5, 0.6) is 0 Å². The number of nitrogens with zero attached hydrogens (tertiary/aromatic N) is 4. The fraction of sp³-hybridized carbons (Fsp3) is 0.565. The molecule has 2 N–H and O–H groups in total. The molecule has 1 aromatic carbocycles. The number of piperidine rings is 1. The third-order valence-electron chi connectivity index (χ3n) is 6.50. The molecule has 7 heteroatoms. The number of tetrazole rings is 1. The van der Waals surface area contributed by atoms with Gasteiger partial charge in [-0.15, -0.1) is 5.10 Å². The first-order valence-electron chi connectivity index (χ1n) is 10.9. The first-order chi connectivity index (χ1) is 14.2. The molecule has 1 atom stereocenters.